The number of benzene rings is 3. The Hall–Kier alpha value is -8.03. The van der Waals surface area contributed by atoms with Crippen LogP contribution in [0.3, 0.4) is 0 Å². The van der Waals surface area contributed by atoms with Crippen molar-refractivity contribution in [3.05, 3.63) is 131 Å². The number of nitrogens with two attached hydrogens (primary N) is 1. The molecule has 1 fully saturated rings. The second-order valence-electron chi connectivity index (χ2n) is 16.9. The minimum absolute atomic E-state index is 0.0923. The number of aromatic nitrogens is 3. The lowest BCUT2D eigenvalue weighted by atomic mass is 9.92. The summed E-state index contributed by atoms with van der Waals surface area (Å²) in [5.74, 6) is -0.662. The van der Waals surface area contributed by atoms with Crippen LogP contribution in [0, 0.1) is 6.92 Å². The number of phenols is 1. The maximum atomic E-state index is 13.6. The molecule has 19 heteroatoms. The summed E-state index contributed by atoms with van der Waals surface area (Å²) in [6.07, 6.45) is 1.36. The number of phenolic OH excluding ortho intramolecular Hbond substituents is 1. The highest BCUT2D eigenvalue weighted by atomic mass is 19.3. The lowest BCUT2D eigenvalue weighted by molar-refractivity contribution is -0.286. The van der Waals surface area contributed by atoms with Crippen molar-refractivity contribution < 1.29 is 52.0 Å². The van der Waals surface area contributed by atoms with E-state index in [2.05, 4.69) is 40.7 Å². The van der Waals surface area contributed by atoms with E-state index in [0.717, 1.165) is 33.4 Å². The van der Waals surface area contributed by atoms with E-state index in [9.17, 15) is 33.1 Å². The van der Waals surface area contributed by atoms with Gasteiger partial charge in [-0.2, -0.15) is 0 Å². The minimum Gasteiger partial charge on any atom is -0.508 e. The molecule has 6 aromatic rings. The minimum atomic E-state index is -3.76. The van der Waals surface area contributed by atoms with E-state index in [0.29, 0.717) is 53.3 Å². The number of anilines is 2. The van der Waals surface area contributed by atoms with E-state index in [1.807, 2.05) is 26.0 Å². The van der Waals surface area contributed by atoms with E-state index in [1.165, 1.54) is 12.1 Å². The fraction of sp³-hybridized carbons (Fsp3) is 0.288. The molecule has 1 aliphatic carbocycles. The van der Waals surface area contributed by atoms with Crippen LogP contribution >= 0.6 is 0 Å². The normalized spacial score (nSPS) is 13.8. The molecule has 0 atom stereocenters. The summed E-state index contributed by atoms with van der Waals surface area (Å²) in [5.41, 5.74) is 12.7. The third-order valence-electron chi connectivity index (χ3n) is 12.0. The molecule has 4 amide bonds. The fourth-order valence-electron chi connectivity index (χ4n) is 8.15. The Balaban J connectivity index is 0.696. The first-order chi connectivity index (χ1) is 34.2. The first-order valence-electron chi connectivity index (χ1n) is 23.1. The highest BCUT2D eigenvalue weighted by molar-refractivity contribution is 6.01. The van der Waals surface area contributed by atoms with Crippen LogP contribution in [0.5, 0.6) is 17.2 Å². The molecule has 0 bridgehead atoms. The Morgan fingerprint density at radius 1 is 0.761 bits per heavy atom. The van der Waals surface area contributed by atoms with Crippen molar-refractivity contribution in [2.75, 3.05) is 57.1 Å². The van der Waals surface area contributed by atoms with Crippen molar-refractivity contribution >= 4 is 35.3 Å². The van der Waals surface area contributed by atoms with Gasteiger partial charge in [-0.3, -0.25) is 24.2 Å². The molecule has 1 saturated carbocycles. The van der Waals surface area contributed by atoms with Crippen molar-refractivity contribution in [3.63, 3.8) is 0 Å². The number of carbonyl (C=O) groups is 4. The Morgan fingerprint density at radius 3 is 2.24 bits per heavy atom. The maximum Gasteiger partial charge on any atom is 0.586 e. The Bertz CT molecular complexity index is 2930. The van der Waals surface area contributed by atoms with Gasteiger partial charge in [-0.05, 0) is 97.0 Å². The van der Waals surface area contributed by atoms with Crippen LogP contribution in [0.1, 0.15) is 63.7 Å². The lowest BCUT2D eigenvalue weighted by Crippen LogP contribution is -2.35. The van der Waals surface area contributed by atoms with Gasteiger partial charge in [0, 0.05) is 66.3 Å². The summed E-state index contributed by atoms with van der Waals surface area (Å²) in [7, 11) is 0. The number of pyridine rings is 3. The summed E-state index contributed by atoms with van der Waals surface area (Å²) < 4.78 is 47.4. The topological polar surface area (TPSA) is 238 Å². The molecule has 1 aliphatic heterocycles. The summed E-state index contributed by atoms with van der Waals surface area (Å²) in [5, 5.41) is 21.0. The molecule has 7 N–H and O–H groups in total. The molecular formula is C52H52F2N8O9. The zero-order chi connectivity index (χ0) is 50.1. The number of aromatic hydroxyl groups is 1. The van der Waals surface area contributed by atoms with Gasteiger partial charge in [0.05, 0.1) is 37.5 Å². The molecule has 2 aliphatic rings. The van der Waals surface area contributed by atoms with E-state index in [4.69, 9.17) is 20.2 Å². The first kappa shape index (κ1) is 49.4. The summed E-state index contributed by atoms with van der Waals surface area (Å²) >= 11 is 0. The van der Waals surface area contributed by atoms with Crippen LogP contribution in [0.15, 0.2) is 103 Å². The Morgan fingerprint density at radius 2 is 1.49 bits per heavy atom. The van der Waals surface area contributed by atoms with Gasteiger partial charge in [0.25, 0.3) is 11.8 Å². The molecule has 4 heterocycles. The zero-order valence-electron chi connectivity index (χ0n) is 39.0. The number of hydrogen-bond acceptors (Lipinski definition) is 13. The number of rotatable bonds is 21. The van der Waals surface area contributed by atoms with Gasteiger partial charge < -0.3 is 51.1 Å². The fourth-order valence-corrected chi connectivity index (χ4v) is 8.15. The van der Waals surface area contributed by atoms with Gasteiger partial charge in [-0.15, -0.1) is 8.78 Å². The number of nitrogen functional groups attached to an aromatic ring is 1. The van der Waals surface area contributed by atoms with E-state index in [1.54, 1.807) is 79.1 Å². The van der Waals surface area contributed by atoms with Crippen LogP contribution in [0.4, 0.5) is 20.4 Å². The van der Waals surface area contributed by atoms with Gasteiger partial charge in [0.15, 0.2) is 11.5 Å². The molecule has 0 spiro atoms. The van der Waals surface area contributed by atoms with Crippen LogP contribution in [0.2, 0.25) is 0 Å². The van der Waals surface area contributed by atoms with Gasteiger partial charge in [0.1, 0.15) is 23.1 Å². The van der Waals surface area contributed by atoms with Crippen LogP contribution in [-0.4, -0.2) is 96.0 Å². The standard InChI is InChI=1S/C52H52F2N8O9/c1-3-38-39(30-60-47(55)45(38)32-8-12-37(63)13-9-32)35-10-14-40(59-29-35)49(66)57-21-20-56-44(64)17-23-68-25-26-69-24-22-58-48(65)34-6-4-5-33(27-34)46-31(2)7-16-43(61-46)62-50(67)51(18-19-51)36-11-15-41-42(28-36)71-52(53,54)70-41/h4-16,27-30,63H,3,17-26H2,1-2H3,(H2,55,60)(H,56,64)(H,57,66)(H,58,65)(H,61,62,67). The zero-order valence-corrected chi connectivity index (χ0v) is 39.0. The average molecular weight is 971 g/mol. The Kier molecular flexibility index (Phi) is 15.1. The molecule has 3 aromatic carbocycles. The van der Waals surface area contributed by atoms with Crippen molar-refractivity contribution in [2.24, 2.45) is 0 Å². The molecule has 8 rings (SSSR count). The van der Waals surface area contributed by atoms with Crippen molar-refractivity contribution in [2.45, 2.75) is 51.2 Å². The second kappa shape index (κ2) is 21.7. The van der Waals surface area contributed by atoms with E-state index in [-0.39, 0.29) is 99.1 Å². The molecule has 368 valence electrons. The largest absolute Gasteiger partial charge is 0.586 e. The number of halogens is 2. The van der Waals surface area contributed by atoms with Gasteiger partial charge in [-0.1, -0.05) is 49.4 Å². The van der Waals surface area contributed by atoms with Crippen molar-refractivity contribution in [1.82, 2.24) is 30.9 Å². The molecule has 17 nitrogen and oxygen atoms in total. The van der Waals surface area contributed by atoms with Gasteiger partial charge in [-0.25, -0.2) is 9.97 Å². The SMILES string of the molecule is CCc1c(-c2ccc(C(=O)NCCNC(=O)CCOCCOCCNC(=O)c3cccc(-c4nc(NC(=O)C5(c6ccc7c(c6)OC(F)(F)O7)CC5)ccc4C)c3)nc2)cnc(N)c1-c1ccc(O)cc1. The van der Waals surface area contributed by atoms with Crippen molar-refractivity contribution in [3.8, 4) is 50.8 Å². The number of fused-ring (bicyclic) bond motifs is 1. The lowest BCUT2D eigenvalue weighted by Gasteiger charge is -2.17. The highest BCUT2D eigenvalue weighted by Crippen LogP contribution is 2.52. The van der Waals surface area contributed by atoms with Crippen LogP contribution in [0.25, 0.3) is 33.5 Å². The van der Waals surface area contributed by atoms with E-state index >= 15 is 0 Å². The molecule has 71 heavy (non-hydrogen) atoms. The average Bonchev–Trinajstić information content (AvgIpc) is 4.12. The van der Waals surface area contributed by atoms with Crippen LogP contribution < -0.4 is 36.5 Å². The summed E-state index contributed by atoms with van der Waals surface area (Å²) in [6.45, 7) is 5.42. The molecular weight excluding hydrogens is 919 g/mol. The number of carbonyl (C=O) groups excluding carboxylic acids is 4. The number of alkyl halides is 2. The smallest absolute Gasteiger partial charge is 0.508 e. The van der Waals surface area contributed by atoms with Crippen molar-refractivity contribution in [1.29, 1.82) is 0 Å². The highest BCUT2D eigenvalue weighted by Gasteiger charge is 2.53. The predicted octanol–water partition coefficient (Wildman–Crippen LogP) is 6.72. The molecule has 3 aromatic heterocycles. The number of aryl methyl sites for hydroxylation is 1. The third-order valence-corrected chi connectivity index (χ3v) is 12.0. The Labute approximate surface area is 407 Å². The molecule has 0 unspecified atom stereocenters. The molecule has 0 saturated heterocycles. The number of amides is 4. The summed E-state index contributed by atoms with van der Waals surface area (Å²) in [6, 6.07) is 25.0. The predicted molar refractivity (Wildman–Crippen MR) is 259 cm³/mol. The van der Waals surface area contributed by atoms with Gasteiger partial charge >= 0.3 is 6.29 Å². The monoisotopic (exact) mass is 970 g/mol. The quantitative estimate of drug-likeness (QED) is 0.0411. The molecule has 0 radical (unpaired) electrons. The number of nitrogens with one attached hydrogen (secondary N) is 4. The number of nitrogens with zero attached hydrogens (tertiary/aromatic N) is 3. The van der Waals surface area contributed by atoms with Gasteiger partial charge in [0.2, 0.25) is 11.8 Å². The first-order valence-corrected chi connectivity index (χ1v) is 23.1. The maximum absolute atomic E-state index is 13.6. The summed E-state index contributed by atoms with van der Waals surface area (Å²) in [4.78, 5) is 65.1. The number of ether oxygens (including phenoxy) is 4. The van der Waals surface area contributed by atoms with Crippen LogP contribution in [-0.2, 0) is 30.9 Å². The van der Waals surface area contributed by atoms with E-state index < -0.39 is 11.7 Å². The third kappa shape index (κ3) is 11.9. The number of hydrogen-bond donors (Lipinski definition) is 6. The second-order valence-corrected chi connectivity index (χ2v) is 16.9.